The topological polar surface area (TPSA) is 42.7 Å². The van der Waals surface area contributed by atoms with Crippen molar-refractivity contribution in [3.63, 3.8) is 0 Å². The Bertz CT molecular complexity index is 2460. The van der Waals surface area contributed by atoms with Gasteiger partial charge in [-0.3, -0.25) is 0 Å². The lowest BCUT2D eigenvalue weighted by Crippen LogP contribution is -2.59. The minimum atomic E-state index is -0.0328. The molecule has 7 aromatic carbocycles. The Morgan fingerprint density at radius 3 is 1.65 bits per heavy atom. The highest BCUT2D eigenvalue weighted by atomic mass is 16.5. The van der Waals surface area contributed by atoms with Crippen LogP contribution in [0.3, 0.4) is 0 Å². The zero-order chi connectivity index (χ0) is 32.5. The molecular formula is C43H27BN4O. The smallest absolute Gasteiger partial charge is 0.256 e. The Hall–Kier alpha value is -6.71. The van der Waals surface area contributed by atoms with Crippen molar-refractivity contribution in [1.29, 1.82) is 5.26 Å². The molecule has 0 aliphatic carbocycles. The summed E-state index contributed by atoms with van der Waals surface area (Å²) in [5.74, 6) is 1.70. The van der Waals surface area contributed by atoms with Crippen molar-refractivity contribution in [1.82, 2.24) is 0 Å². The number of benzene rings is 7. The van der Waals surface area contributed by atoms with Crippen molar-refractivity contribution in [3.05, 3.63) is 169 Å². The average molecular weight is 627 g/mol. The Morgan fingerprint density at radius 1 is 0.449 bits per heavy atom. The van der Waals surface area contributed by atoms with Gasteiger partial charge in [-0.2, -0.15) is 5.26 Å². The second kappa shape index (κ2) is 10.7. The molecular weight excluding hydrogens is 599 g/mol. The molecule has 0 N–H and O–H groups in total. The number of rotatable bonds is 3. The van der Waals surface area contributed by atoms with Gasteiger partial charge in [0.25, 0.3) is 6.71 Å². The number of nitriles is 1. The highest BCUT2D eigenvalue weighted by Gasteiger charge is 2.46. The third-order valence-electron chi connectivity index (χ3n) is 9.82. The van der Waals surface area contributed by atoms with E-state index < -0.39 is 0 Å². The third-order valence-corrected chi connectivity index (χ3v) is 9.82. The molecule has 0 fully saturated rings. The fraction of sp³-hybridized carbons (Fsp3) is 0. The number of fused-ring (bicyclic) bond motifs is 7. The quantitative estimate of drug-likeness (QED) is 0.183. The van der Waals surface area contributed by atoms with Gasteiger partial charge in [0.1, 0.15) is 11.5 Å². The van der Waals surface area contributed by atoms with Gasteiger partial charge >= 0.3 is 0 Å². The van der Waals surface area contributed by atoms with E-state index in [1.54, 1.807) is 0 Å². The maximum absolute atomic E-state index is 9.65. The van der Waals surface area contributed by atoms with E-state index in [-0.39, 0.29) is 6.71 Å². The Morgan fingerprint density at radius 2 is 0.980 bits per heavy atom. The van der Waals surface area contributed by atoms with Gasteiger partial charge in [0.2, 0.25) is 0 Å². The summed E-state index contributed by atoms with van der Waals surface area (Å²) in [5.41, 5.74) is 13.6. The van der Waals surface area contributed by atoms with Crippen LogP contribution >= 0.6 is 0 Å². The van der Waals surface area contributed by atoms with Crippen LogP contribution < -0.4 is 35.8 Å². The van der Waals surface area contributed by atoms with Crippen LogP contribution in [0.15, 0.2) is 164 Å². The molecule has 3 aliphatic heterocycles. The molecule has 0 atom stereocenters. The lowest BCUT2D eigenvalue weighted by molar-refractivity contribution is 0.487. The van der Waals surface area contributed by atoms with Gasteiger partial charge in [-0.25, -0.2) is 0 Å². The second-order valence-corrected chi connectivity index (χ2v) is 12.5. The SMILES string of the molecule is N#Cc1ccc(N2c3ccccc3N(c3ccccc3)c3c2cc2c4c3N(c3ccccc3)c3ccccc3B4c3ccccc3O2)cc1. The van der Waals surface area contributed by atoms with Gasteiger partial charge in [0.15, 0.2) is 0 Å². The molecule has 3 aliphatic rings. The molecule has 0 radical (unpaired) electrons. The number of para-hydroxylation sites is 6. The molecule has 49 heavy (non-hydrogen) atoms. The molecule has 7 aromatic rings. The van der Waals surface area contributed by atoms with E-state index in [0.717, 1.165) is 73.6 Å². The van der Waals surface area contributed by atoms with Crippen molar-refractivity contribution < 1.29 is 4.74 Å². The van der Waals surface area contributed by atoms with E-state index >= 15 is 0 Å². The number of ether oxygens (including phenoxy) is 1. The zero-order valence-electron chi connectivity index (χ0n) is 26.4. The summed E-state index contributed by atoms with van der Waals surface area (Å²) in [6.45, 7) is -0.0328. The van der Waals surface area contributed by atoms with Gasteiger partial charge in [-0.15, -0.1) is 0 Å². The van der Waals surface area contributed by atoms with Gasteiger partial charge in [-0.1, -0.05) is 84.9 Å². The molecule has 10 rings (SSSR count). The first-order valence-corrected chi connectivity index (χ1v) is 16.5. The number of nitrogens with zero attached hydrogens (tertiary/aromatic N) is 4. The molecule has 228 valence electrons. The second-order valence-electron chi connectivity index (χ2n) is 12.5. The van der Waals surface area contributed by atoms with Gasteiger partial charge in [-0.05, 0) is 89.2 Å². The van der Waals surface area contributed by atoms with Gasteiger partial charge in [0.05, 0.1) is 40.1 Å². The van der Waals surface area contributed by atoms with Crippen molar-refractivity contribution in [2.45, 2.75) is 0 Å². The van der Waals surface area contributed by atoms with Crippen LogP contribution in [-0.4, -0.2) is 6.71 Å². The fourth-order valence-corrected chi connectivity index (χ4v) is 7.83. The summed E-state index contributed by atoms with van der Waals surface area (Å²) in [6.07, 6.45) is 0. The summed E-state index contributed by atoms with van der Waals surface area (Å²) < 4.78 is 6.92. The van der Waals surface area contributed by atoms with Crippen LogP contribution in [0.4, 0.5) is 51.2 Å². The summed E-state index contributed by atoms with van der Waals surface area (Å²) in [7, 11) is 0. The highest BCUT2D eigenvalue weighted by Crippen LogP contribution is 2.60. The molecule has 0 unspecified atom stereocenters. The molecule has 0 bridgehead atoms. The fourth-order valence-electron chi connectivity index (χ4n) is 7.83. The summed E-state index contributed by atoms with van der Waals surface area (Å²) >= 11 is 0. The van der Waals surface area contributed by atoms with E-state index in [2.05, 4.69) is 154 Å². The van der Waals surface area contributed by atoms with Crippen LogP contribution in [0.2, 0.25) is 0 Å². The molecule has 0 saturated heterocycles. The minimum Gasteiger partial charge on any atom is -0.458 e. The van der Waals surface area contributed by atoms with Crippen LogP contribution in [-0.2, 0) is 0 Å². The molecule has 6 heteroatoms. The molecule has 0 amide bonds. The van der Waals surface area contributed by atoms with Crippen LogP contribution in [0.5, 0.6) is 11.5 Å². The normalized spacial score (nSPS) is 13.3. The van der Waals surface area contributed by atoms with Crippen molar-refractivity contribution in [2.75, 3.05) is 14.7 Å². The van der Waals surface area contributed by atoms with Crippen molar-refractivity contribution >= 4 is 74.3 Å². The average Bonchev–Trinajstić information content (AvgIpc) is 3.17. The summed E-state index contributed by atoms with van der Waals surface area (Å²) in [6, 6.07) is 59.4. The lowest BCUT2D eigenvalue weighted by Gasteiger charge is -2.47. The predicted molar refractivity (Wildman–Crippen MR) is 200 cm³/mol. The first kappa shape index (κ1) is 27.4. The Kier molecular flexibility index (Phi) is 5.97. The third kappa shape index (κ3) is 4.00. The zero-order valence-corrected chi connectivity index (χ0v) is 26.4. The van der Waals surface area contributed by atoms with Gasteiger partial charge in [0, 0.05) is 28.8 Å². The summed E-state index contributed by atoms with van der Waals surface area (Å²) in [5, 5.41) is 9.65. The first-order valence-electron chi connectivity index (χ1n) is 16.5. The van der Waals surface area contributed by atoms with E-state index in [1.807, 2.05) is 30.3 Å². The molecule has 5 nitrogen and oxygen atoms in total. The van der Waals surface area contributed by atoms with Crippen LogP contribution in [0, 0.1) is 11.3 Å². The summed E-state index contributed by atoms with van der Waals surface area (Å²) in [4.78, 5) is 7.13. The Labute approximate surface area is 285 Å². The predicted octanol–water partition coefficient (Wildman–Crippen LogP) is 9.22. The number of hydrogen-bond acceptors (Lipinski definition) is 5. The monoisotopic (exact) mass is 626 g/mol. The van der Waals surface area contributed by atoms with Crippen molar-refractivity contribution in [2.24, 2.45) is 0 Å². The molecule has 0 saturated carbocycles. The van der Waals surface area contributed by atoms with Gasteiger partial charge < -0.3 is 19.4 Å². The molecule has 3 heterocycles. The van der Waals surface area contributed by atoms with Crippen LogP contribution in [0.1, 0.15) is 5.56 Å². The largest absolute Gasteiger partial charge is 0.458 e. The van der Waals surface area contributed by atoms with Crippen molar-refractivity contribution in [3.8, 4) is 17.6 Å². The number of hydrogen-bond donors (Lipinski definition) is 0. The number of anilines is 9. The first-order chi connectivity index (χ1) is 24.3. The molecule has 0 aromatic heterocycles. The Balaban J connectivity index is 1.38. The lowest BCUT2D eigenvalue weighted by atomic mass is 9.34. The minimum absolute atomic E-state index is 0.0328. The maximum Gasteiger partial charge on any atom is 0.256 e. The maximum atomic E-state index is 9.65. The van der Waals surface area contributed by atoms with E-state index in [1.165, 1.54) is 5.46 Å². The standard InChI is InChI=1S/C43H27BN4O/c45-28-29-23-25-32(26-24-29)46-36-20-10-11-21-37(36)48(31-15-5-2-6-16-31)42-38(46)27-40-41-43(42)47(30-13-3-1-4-14-30)35-19-9-7-17-33(35)44(41)34-18-8-12-22-39(34)49-40/h1-27H. The highest BCUT2D eigenvalue weighted by molar-refractivity contribution is 6.99. The van der Waals surface area contributed by atoms with E-state index in [9.17, 15) is 5.26 Å². The molecule has 0 spiro atoms. The van der Waals surface area contributed by atoms with E-state index in [4.69, 9.17) is 4.74 Å². The van der Waals surface area contributed by atoms with E-state index in [0.29, 0.717) is 5.56 Å². The van der Waals surface area contributed by atoms with Crippen LogP contribution in [0.25, 0.3) is 0 Å².